The summed E-state index contributed by atoms with van der Waals surface area (Å²) in [5, 5.41) is 3.33. The summed E-state index contributed by atoms with van der Waals surface area (Å²) in [6.07, 6.45) is -1.24. The molecule has 0 unspecified atom stereocenters. The van der Waals surface area contributed by atoms with Gasteiger partial charge in [-0.05, 0) is 44.4 Å². The van der Waals surface area contributed by atoms with E-state index in [1.807, 2.05) is 11.8 Å². The first-order chi connectivity index (χ1) is 15.0. The number of piperazine rings is 1. The van der Waals surface area contributed by atoms with Crippen molar-refractivity contribution in [1.29, 1.82) is 0 Å². The van der Waals surface area contributed by atoms with Crippen molar-refractivity contribution in [1.82, 2.24) is 10.2 Å². The zero-order valence-electron chi connectivity index (χ0n) is 18.2. The average molecular weight is 443 g/mol. The first-order valence-corrected chi connectivity index (χ1v) is 11.1. The minimum atomic E-state index is -4.32. The van der Waals surface area contributed by atoms with Gasteiger partial charge < -0.3 is 24.6 Å². The first-order valence-electron chi connectivity index (χ1n) is 11.1. The lowest BCUT2D eigenvalue weighted by Crippen LogP contribution is -2.52. The standard InChI is InChI=1S/C22H33F3N4O2/c1-2-26-21(27-9-4-14-31-20-7-15-30-16-8-20)29-12-10-28(11-13-29)19-6-3-5-18(17-19)22(23,24)25/h3,5-6,17,20H,2,4,7-16H2,1H3,(H,26,27). The molecule has 0 amide bonds. The van der Waals surface area contributed by atoms with Crippen LogP contribution in [0.4, 0.5) is 18.9 Å². The summed E-state index contributed by atoms with van der Waals surface area (Å²) in [5.41, 5.74) is 0.00646. The minimum absolute atomic E-state index is 0.301. The normalized spacial score (nSPS) is 19.0. The van der Waals surface area contributed by atoms with Crippen LogP contribution in [0.5, 0.6) is 0 Å². The molecule has 2 saturated heterocycles. The first kappa shape index (κ1) is 23.7. The number of hydrogen-bond acceptors (Lipinski definition) is 4. The van der Waals surface area contributed by atoms with Crippen molar-refractivity contribution in [3.63, 3.8) is 0 Å². The molecular formula is C22H33F3N4O2. The van der Waals surface area contributed by atoms with Crippen molar-refractivity contribution in [2.24, 2.45) is 4.99 Å². The molecule has 9 heteroatoms. The molecule has 6 nitrogen and oxygen atoms in total. The summed E-state index contributed by atoms with van der Waals surface area (Å²) < 4.78 is 50.2. The van der Waals surface area contributed by atoms with E-state index in [9.17, 15) is 13.2 Å². The van der Waals surface area contributed by atoms with E-state index in [-0.39, 0.29) is 0 Å². The molecule has 0 aromatic heterocycles. The Morgan fingerprint density at radius 3 is 2.61 bits per heavy atom. The van der Waals surface area contributed by atoms with Crippen LogP contribution in [0.1, 0.15) is 31.7 Å². The lowest BCUT2D eigenvalue weighted by Gasteiger charge is -2.38. The molecule has 0 spiro atoms. The number of hydrogen-bond donors (Lipinski definition) is 1. The minimum Gasteiger partial charge on any atom is -0.381 e. The highest BCUT2D eigenvalue weighted by Gasteiger charge is 2.31. The highest BCUT2D eigenvalue weighted by atomic mass is 19.4. The summed E-state index contributed by atoms with van der Waals surface area (Å²) in [5.74, 6) is 0.859. The summed E-state index contributed by atoms with van der Waals surface area (Å²) in [4.78, 5) is 8.89. The van der Waals surface area contributed by atoms with Gasteiger partial charge in [-0.2, -0.15) is 13.2 Å². The van der Waals surface area contributed by atoms with Crippen LogP contribution in [0.25, 0.3) is 0 Å². The van der Waals surface area contributed by atoms with Gasteiger partial charge in [0.1, 0.15) is 0 Å². The predicted octanol–water partition coefficient (Wildman–Crippen LogP) is 3.38. The third-order valence-electron chi connectivity index (χ3n) is 5.54. The molecule has 2 fully saturated rings. The van der Waals surface area contributed by atoms with E-state index in [2.05, 4.69) is 10.2 Å². The molecule has 0 bridgehead atoms. The molecule has 2 heterocycles. The van der Waals surface area contributed by atoms with Crippen molar-refractivity contribution < 1.29 is 22.6 Å². The van der Waals surface area contributed by atoms with Gasteiger partial charge in [0.15, 0.2) is 5.96 Å². The van der Waals surface area contributed by atoms with Crippen molar-refractivity contribution in [3.05, 3.63) is 29.8 Å². The summed E-state index contributed by atoms with van der Waals surface area (Å²) in [7, 11) is 0. The van der Waals surface area contributed by atoms with Gasteiger partial charge in [0.2, 0.25) is 0 Å². The molecular weight excluding hydrogens is 409 g/mol. The summed E-state index contributed by atoms with van der Waals surface area (Å²) in [6.45, 7) is 8.45. The number of anilines is 1. The zero-order chi connectivity index (χ0) is 22.1. The Kier molecular flexibility index (Phi) is 8.83. The third-order valence-corrected chi connectivity index (χ3v) is 5.54. The Labute approximate surface area is 182 Å². The molecule has 1 aromatic carbocycles. The van der Waals surface area contributed by atoms with E-state index in [0.717, 1.165) is 51.0 Å². The number of alkyl halides is 3. The molecule has 0 atom stereocenters. The number of rotatable bonds is 7. The fraction of sp³-hybridized carbons (Fsp3) is 0.682. The summed E-state index contributed by atoms with van der Waals surface area (Å²) in [6, 6.07) is 5.55. The lowest BCUT2D eigenvalue weighted by molar-refractivity contribution is -0.137. The molecule has 0 aliphatic carbocycles. The highest BCUT2D eigenvalue weighted by Crippen LogP contribution is 2.31. The molecule has 2 aliphatic rings. The van der Waals surface area contributed by atoms with Gasteiger partial charge in [0.25, 0.3) is 0 Å². The van der Waals surface area contributed by atoms with E-state index < -0.39 is 11.7 Å². The van der Waals surface area contributed by atoms with Crippen molar-refractivity contribution in [3.8, 4) is 0 Å². The van der Waals surface area contributed by atoms with Crippen LogP contribution in [0, 0.1) is 0 Å². The number of guanidine groups is 1. The van der Waals surface area contributed by atoms with Crippen molar-refractivity contribution in [2.45, 2.75) is 38.5 Å². The van der Waals surface area contributed by atoms with Gasteiger partial charge in [-0.1, -0.05) is 6.07 Å². The topological polar surface area (TPSA) is 49.3 Å². The smallest absolute Gasteiger partial charge is 0.381 e. The van der Waals surface area contributed by atoms with Gasteiger partial charge >= 0.3 is 6.18 Å². The Morgan fingerprint density at radius 1 is 1.19 bits per heavy atom. The Balaban J connectivity index is 1.47. The van der Waals surface area contributed by atoms with Crippen LogP contribution in [0.2, 0.25) is 0 Å². The van der Waals surface area contributed by atoms with Crippen molar-refractivity contribution >= 4 is 11.6 Å². The zero-order valence-corrected chi connectivity index (χ0v) is 18.2. The number of ether oxygens (including phenoxy) is 2. The maximum Gasteiger partial charge on any atom is 0.416 e. The second kappa shape index (κ2) is 11.6. The molecule has 174 valence electrons. The second-order valence-electron chi connectivity index (χ2n) is 7.79. The van der Waals surface area contributed by atoms with E-state index >= 15 is 0 Å². The van der Waals surface area contributed by atoms with Gasteiger partial charge in [-0.3, -0.25) is 4.99 Å². The van der Waals surface area contributed by atoms with Crippen LogP contribution in [0.15, 0.2) is 29.3 Å². The Morgan fingerprint density at radius 2 is 1.94 bits per heavy atom. The predicted molar refractivity (Wildman–Crippen MR) is 116 cm³/mol. The fourth-order valence-corrected chi connectivity index (χ4v) is 3.82. The lowest BCUT2D eigenvalue weighted by atomic mass is 10.1. The van der Waals surface area contributed by atoms with Gasteiger partial charge in [-0.15, -0.1) is 0 Å². The maximum absolute atomic E-state index is 13.0. The largest absolute Gasteiger partial charge is 0.416 e. The Bertz CT molecular complexity index is 700. The van der Waals surface area contributed by atoms with Crippen LogP contribution < -0.4 is 10.2 Å². The molecule has 2 aliphatic heterocycles. The van der Waals surface area contributed by atoms with E-state index in [1.165, 1.54) is 12.1 Å². The molecule has 0 radical (unpaired) electrons. The second-order valence-corrected chi connectivity index (χ2v) is 7.79. The number of aliphatic imine (C=N–C) groups is 1. The molecule has 1 N–H and O–H groups in total. The maximum atomic E-state index is 13.0. The van der Waals surface area contributed by atoms with E-state index in [4.69, 9.17) is 14.5 Å². The molecule has 3 rings (SSSR count). The molecule has 0 saturated carbocycles. The van der Waals surface area contributed by atoms with Crippen LogP contribution in [0.3, 0.4) is 0 Å². The molecule has 1 aromatic rings. The van der Waals surface area contributed by atoms with Crippen LogP contribution in [-0.4, -0.2) is 76.1 Å². The molecule has 31 heavy (non-hydrogen) atoms. The SMILES string of the molecule is CCNC(=NCCCOC1CCOCC1)N1CCN(c2cccc(C(F)(F)F)c2)CC1. The van der Waals surface area contributed by atoms with E-state index in [0.29, 0.717) is 51.1 Å². The van der Waals surface area contributed by atoms with Gasteiger partial charge in [0.05, 0.1) is 11.7 Å². The number of halogens is 3. The van der Waals surface area contributed by atoms with Gasteiger partial charge in [0, 0.05) is 64.8 Å². The number of benzene rings is 1. The average Bonchev–Trinajstić information content (AvgIpc) is 2.78. The van der Waals surface area contributed by atoms with Gasteiger partial charge in [-0.25, -0.2) is 0 Å². The van der Waals surface area contributed by atoms with Crippen LogP contribution in [-0.2, 0) is 15.7 Å². The quantitative estimate of drug-likeness (QED) is 0.399. The monoisotopic (exact) mass is 442 g/mol. The number of nitrogens with one attached hydrogen (secondary N) is 1. The van der Waals surface area contributed by atoms with E-state index in [1.54, 1.807) is 6.07 Å². The number of nitrogens with zero attached hydrogens (tertiary/aromatic N) is 3. The highest BCUT2D eigenvalue weighted by molar-refractivity contribution is 5.80. The van der Waals surface area contributed by atoms with Crippen molar-refractivity contribution in [2.75, 3.05) is 64.0 Å². The third kappa shape index (κ3) is 7.28. The van der Waals surface area contributed by atoms with Crippen LogP contribution >= 0.6 is 0 Å². The summed E-state index contributed by atoms with van der Waals surface area (Å²) >= 11 is 0. The fourth-order valence-electron chi connectivity index (χ4n) is 3.82. The Hall–Kier alpha value is -2.00.